The van der Waals surface area contributed by atoms with Crippen molar-refractivity contribution < 1.29 is 9.90 Å². The number of carbonyl (C=O) groups is 1. The first-order valence-corrected chi connectivity index (χ1v) is 7.41. The maximum atomic E-state index is 10.4. The van der Waals surface area contributed by atoms with Crippen LogP contribution in [0.4, 0.5) is 5.69 Å². The van der Waals surface area contributed by atoms with E-state index in [1.165, 1.54) is 10.8 Å². The fourth-order valence-corrected chi connectivity index (χ4v) is 2.17. The molecule has 1 atom stereocenters. The summed E-state index contributed by atoms with van der Waals surface area (Å²) in [6.07, 6.45) is 4.44. The minimum Gasteiger partial charge on any atom is -0.395 e. The average Bonchev–Trinajstić information content (AvgIpc) is 2.64. The van der Waals surface area contributed by atoms with E-state index in [-0.39, 0.29) is 12.5 Å². The summed E-state index contributed by atoms with van der Waals surface area (Å²) in [6, 6.07) is 17.5. The number of benzene rings is 2. The molecule has 2 aromatic carbocycles. The molecule has 0 aliphatic carbocycles. The summed E-state index contributed by atoms with van der Waals surface area (Å²) in [6.45, 7) is -0.118. The van der Waals surface area contributed by atoms with Crippen LogP contribution in [0.15, 0.2) is 67.0 Å². The first-order valence-electron chi connectivity index (χ1n) is 7.41. The van der Waals surface area contributed by atoms with Crippen LogP contribution in [-0.4, -0.2) is 30.0 Å². The summed E-state index contributed by atoms with van der Waals surface area (Å²) in [5.41, 5.74) is 2.00. The first-order chi connectivity index (χ1) is 11.3. The van der Waals surface area contributed by atoms with Crippen molar-refractivity contribution in [2.24, 2.45) is 0 Å². The van der Waals surface area contributed by atoms with Gasteiger partial charge < -0.3 is 15.2 Å². The first kappa shape index (κ1) is 16.6. The van der Waals surface area contributed by atoms with Gasteiger partial charge in [0.05, 0.1) is 12.5 Å². The monoisotopic (exact) mass is 308 g/mol. The SMILES string of the molecule is CNc1ccc2cnccc2c1.O=CC(CO)c1ccccc1. The molecule has 3 aromatic rings. The van der Waals surface area contributed by atoms with Gasteiger partial charge in [0.1, 0.15) is 6.29 Å². The average molecular weight is 308 g/mol. The lowest BCUT2D eigenvalue weighted by atomic mass is 10.0. The van der Waals surface area contributed by atoms with Gasteiger partial charge in [-0.25, -0.2) is 0 Å². The van der Waals surface area contributed by atoms with E-state index in [1.807, 2.05) is 61.9 Å². The van der Waals surface area contributed by atoms with Gasteiger partial charge in [-0.15, -0.1) is 0 Å². The molecule has 0 saturated carbocycles. The standard InChI is InChI=1S/C10H10N2.C9H10O2/c1-11-10-3-2-9-7-12-5-4-8(9)6-10;10-6-9(7-11)8-4-2-1-3-5-8/h2-7,11H,1H3;1-6,9,11H,7H2. The normalized spacial score (nSPS) is 11.2. The zero-order valence-corrected chi connectivity index (χ0v) is 13.0. The summed E-state index contributed by atoms with van der Waals surface area (Å²) < 4.78 is 0. The molecule has 2 N–H and O–H groups in total. The van der Waals surface area contributed by atoms with Crippen LogP contribution in [0.5, 0.6) is 0 Å². The number of aldehydes is 1. The van der Waals surface area contributed by atoms with E-state index >= 15 is 0 Å². The Morgan fingerprint density at radius 1 is 1.13 bits per heavy atom. The van der Waals surface area contributed by atoms with Crippen molar-refractivity contribution in [2.45, 2.75) is 5.92 Å². The van der Waals surface area contributed by atoms with E-state index in [1.54, 1.807) is 0 Å². The van der Waals surface area contributed by atoms with Crippen LogP contribution in [0.3, 0.4) is 0 Å². The topological polar surface area (TPSA) is 62.2 Å². The van der Waals surface area contributed by atoms with Gasteiger partial charge in [-0.3, -0.25) is 4.98 Å². The number of nitrogens with zero attached hydrogens (tertiary/aromatic N) is 1. The maximum Gasteiger partial charge on any atom is 0.129 e. The lowest BCUT2D eigenvalue weighted by Gasteiger charge is -2.04. The van der Waals surface area contributed by atoms with E-state index in [0.29, 0.717) is 0 Å². The Labute approximate surface area is 135 Å². The Morgan fingerprint density at radius 3 is 2.57 bits per heavy atom. The second-order valence-electron chi connectivity index (χ2n) is 5.02. The summed E-state index contributed by atoms with van der Waals surface area (Å²) in [7, 11) is 1.92. The van der Waals surface area contributed by atoms with Gasteiger partial charge in [0.2, 0.25) is 0 Å². The Bertz CT molecular complexity index is 744. The van der Waals surface area contributed by atoms with Crippen LogP contribution in [-0.2, 0) is 4.79 Å². The molecule has 1 aromatic heterocycles. The van der Waals surface area contributed by atoms with Crippen LogP contribution in [0.2, 0.25) is 0 Å². The second-order valence-corrected chi connectivity index (χ2v) is 5.02. The highest BCUT2D eigenvalue weighted by atomic mass is 16.3. The fraction of sp³-hybridized carbons (Fsp3) is 0.158. The molecule has 0 amide bonds. The van der Waals surface area contributed by atoms with Crippen molar-refractivity contribution >= 4 is 22.7 Å². The van der Waals surface area contributed by atoms with E-state index in [0.717, 1.165) is 17.5 Å². The Morgan fingerprint density at radius 2 is 1.91 bits per heavy atom. The van der Waals surface area contributed by atoms with Crippen molar-refractivity contribution in [1.29, 1.82) is 0 Å². The van der Waals surface area contributed by atoms with Crippen LogP contribution in [0.1, 0.15) is 11.5 Å². The predicted octanol–water partition coefficient (Wildman–Crippen LogP) is 3.24. The highest BCUT2D eigenvalue weighted by Crippen LogP contribution is 2.17. The van der Waals surface area contributed by atoms with Gasteiger partial charge in [-0.2, -0.15) is 0 Å². The van der Waals surface area contributed by atoms with Crippen LogP contribution in [0.25, 0.3) is 10.8 Å². The molecule has 0 aliphatic heterocycles. The minimum atomic E-state index is -0.365. The number of aliphatic hydroxyl groups is 1. The van der Waals surface area contributed by atoms with Crippen molar-refractivity contribution in [3.63, 3.8) is 0 Å². The van der Waals surface area contributed by atoms with E-state index in [9.17, 15) is 4.79 Å². The zero-order chi connectivity index (χ0) is 16.5. The van der Waals surface area contributed by atoms with Crippen molar-refractivity contribution in [2.75, 3.05) is 19.0 Å². The summed E-state index contributed by atoms with van der Waals surface area (Å²) >= 11 is 0. The largest absolute Gasteiger partial charge is 0.395 e. The number of hydrogen-bond donors (Lipinski definition) is 2. The predicted molar refractivity (Wildman–Crippen MR) is 93.6 cm³/mol. The number of pyridine rings is 1. The second kappa shape index (κ2) is 8.66. The van der Waals surface area contributed by atoms with Gasteiger partial charge in [0, 0.05) is 30.5 Å². The lowest BCUT2D eigenvalue weighted by Crippen LogP contribution is -2.04. The number of rotatable bonds is 4. The zero-order valence-electron chi connectivity index (χ0n) is 13.0. The highest BCUT2D eigenvalue weighted by molar-refractivity contribution is 5.84. The molecule has 0 radical (unpaired) electrons. The van der Waals surface area contributed by atoms with E-state index in [2.05, 4.69) is 22.4 Å². The molecule has 3 rings (SSSR count). The van der Waals surface area contributed by atoms with Gasteiger partial charge in [-0.1, -0.05) is 36.4 Å². The van der Waals surface area contributed by atoms with Gasteiger partial charge >= 0.3 is 0 Å². The summed E-state index contributed by atoms with van der Waals surface area (Å²) in [4.78, 5) is 14.4. The number of nitrogens with one attached hydrogen (secondary N) is 1. The molecule has 118 valence electrons. The summed E-state index contributed by atoms with van der Waals surface area (Å²) in [5, 5.41) is 14.2. The number of fused-ring (bicyclic) bond motifs is 1. The van der Waals surface area contributed by atoms with Gasteiger partial charge in [-0.05, 0) is 29.1 Å². The smallest absolute Gasteiger partial charge is 0.129 e. The Balaban J connectivity index is 0.000000168. The third-order valence-electron chi connectivity index (χ3n) is 3.52. The fourth-order valence-electron chi connectivity index (χ4n) is 2.17. The van der Waals surface area contributed by atoms with Crippen molar-refractivity contribution in [3.8, 4) is 0 Å². The molecule has 0 bridgehead atoms. The molecule has 0 spiro atoms. The lowest BCUT2D eigenvalue weighted by molar-refractivity contribution is -0.109. The third-order valence-corrected chi connectivity index (χ3v) is 3.52. The van der Waals surface area contributed by atoms with Crippen molar-refractivity contribution in [3.05, 3.63) is 72.6 Å². The molecule has 4 heteroatoms. The number of hydrogen-bond acceptors (Lipinski definition) is 4. The third kappa shape index (κ3) is 4.63. The van der Waals surface area contributed by atoms with E-state index in [4.69, 9.17) is 5.11 Å². The Hall–Kier alpha value is -2.72. The number of aromatic nitrogens is 1. The summed E-state index contributed by atoms with van der Waals surface area (Å²) in [5.74, 6) is -0.365. The molecule has 4 nitrogen and oxygen atoms in total. The van der Waals surface area contributed by atoms with Crippen molar-refractivity contribution in [1.82, 2.24) is 4.98 Å². The molecule has 0 fully saturated rings. The molecule has 0 aliphatic rings. The molecule has 23 heavy (non-hydrogen) atoms. The molecule has 1 unspecified atom stereocenters. The Kier molecular flexibility index (Phi) is 6.27. The molecular formula is C19H20N2O2. The minimum absolute atomic E-state index is 0.118. The van der Waals surface area contributed by atoms with E-state index < -0.39 is 0 Å². The molecule has 0 saturated heterocycles. The number of carbonyl (C=O) groups excluding carboxylic acids is 1. The molecule has 1 heterocycles. The number of anilines is 1. The van der Waals surface area contributed by atoms with Crippen LogP contribution in [0, 0.1) is 0 Å². The van der Waals surface area contributed by atoms with Crippen LogP contribution < -0.4 is 5.32 Å². The van der Waals surface area contributed by atoms with Gasteiger partial charge in [0.25, 0.3) is 0 Å². The molecular weight excluding hydrogens is 288 g/mol. The van der Waals surface area contributed by atoms with Crippen LogP contribution >= 0.6 is 0 Å². The highest BCUT2D eigenvalue weighted by Gasteiger charge is 2.06. The quantitative estimate of drug-likeness (QED) is 0.726. The van der Waals surface area contributed by atoms with Gasteiger partial charge in [0.15, 0.2) is 0 Å². The maximum absolute atomic E-state index is 10.4. The number of aliphatic hydroxyl groups excluding tert-OH is 1.